The number of aromatic nitrogens is 2. The zero-order valence-electron chi connectivity index (χ0n) is 13.9. The number of thioether (sulfide) groups is 1. The number of carbonyl (C=O) groups is 1. The Kier molecular flexibility index (Phi) is 5.40. The number of amides is 1. The van der Waals surface area contributed by atoms with E-state index in [1.165, 1.54) is 11.8 Å². The number of imidazole rings is 1. The zero-order valence-corrected chi connectivity index (χ0v) is 14.7. The first-order valence-electron chi connectivity index (χ1n) is 7.88. The number of nitrogens with zero attached hydrogens (tertiary/aromatic N) is 2. The highest BCUT2D eigenvalue weighted by atomic mass is 32.2. The van der Waals surface area contributed by atoms with Gasteiger partial charge in [0, 0.05) is 17.7 Å². The topological polar surface area (TPSA) is 70.1 Å². The number of ether oxygens (including phenoxy) is 1. The molecule has 0 saturated heterocycles. The monoisotopic (exact) mass is 353 g/mol. The maximum absolute atomic E-state index is 11.0. The van der Waals surface area contributed by atoms with E-state index in [4.69, 9.17) is 10.5 Å². The van der Waals surface area contributed by atoms with Gasteiger partial charge >= 0.3 is 0 Å². The Morgan fingerprint density at radius 3 is 2.60 bits per heavy atom. The number of para-hydroxylation sites is 2. The van der Waals surface area contributed by atoms with E-state index in [0.29, 0.717) is 12.2 Å². The van der Waals surface area contributed by atoms with E-state index in [1.807, 2.05) is 60.8 Å². The molecule has 6 heteroatoms. The Hall–Kier alpha value is -2.73. The summed E-state index contributed by atoms with van der Waals surface area (Å²) in [5.41, 5.74) is 8.18. The van der Waals surface area contributed by atoms with Crippen LogP contribution in [0.4, 0.5) is 0 Å². The Morgan fingerprint density at radius 2 is 1.88 bits per heavy atom. The molecule has 0 aliphatic heterocycles. The molecule has 0 aliphatic rings. The SMILES string of the molecule is COc1ccccc1-n1c(-c2ccccc2)cnc1SCCC(N)=O. The molecular formula is C19H19N3O2S. The quantitative estimate of drug-likeness (QED) is 0.660. The van der Waals surface area contributed by atoms with Crippen molar-refractivity contribution in [1.29, 1.82) is 0 Å². The zero-order chi connectivity index (χ0) is 17.6. The number of hydrogen-bond donors (Lipinski definition) is 1. The van der Waals surface area contributed by atoms with Gasteiger partial charge in [0.1, 0.15) is 5.75 Å². The summed E-state index contributed by atoms with van der Waals surface area (Å²) in [6, 6.07) is 17.9. The average molecular weight is 353 g/mol. The van der Waals surface area contributed by atoms with Gasteiger partial charge in [0.15, 0.2) is 5.16 Å². The molecule has 0 bridgehead atoms. The van der Waals surface area contributed by atoms with E-state index in [1.54, 1.807) is 7.11 Å². The summed E-state index contributed by atoms with van der Waals surface area (Å²) in [5, 5.41) is 0.796. The Balaban J connectivity index is 2.08. The molecule has 0 aliphatic carbocycles. The number of nitrogens with two attached hydrogens (primary N) is 1. The molecule has 0 spiro atoms. The van der Waals surface area contributed by atoms with Crippen LogP contribution in [0.15, 0.2) is 66.0 Å². The van der Waals surface area contributed by atoms with Crippen molar-refractivity contribution in [2.24, 2.45) is 5.73 Å². The molecule has 0 unspecified atom stereocenters. The van der Waals surface area contributed by atoms with E-state index in [0.717, 1.165) is 27.9 Å². The lowest BCUT2D eigenvalue weighted by Gasteiger charge is -2.15. The van der Waals surface area contributed by atoms with Crippen LogP contribution < -0.4 is 10.5 Å². The normalized spacial score (nSPS) is 10.6. The van der Waals surface area contributed by atoms with Gasteiger partial charge in [-0.15, -0.1) is 0 Å². The minimum absolute atomic E-state index is 0.310. The fraction of sp³-hybridized carbons (Fsp3) is 0.158. The van der Waals surface area contributed by atoms with E-state index < -0.39 is 0 Å². The maximum Gasteiger partial charge on any atom is 0.218 e. The second-order valence-corrected chi connectivity index (χ2v) is 6.43. The first-order chi connectivity index (χ1) is 12.2. The molecule has 1 aromatic heterocycles. The van der Waals surface area contributed by atoms with Gasteiger partial charge in [0.2, 0.25) is 5.91 Å². The lowest BCUT2D eigenvalue weighted by Crippen LogP contribution is -2.11. The van der Waals surface area contributed by atoms with Crippen molar-refractivity contribution in [1.82, 2.24) is 9.55 Å². The van der Waals surface area contributed by atoms with Gasteiger partial charge in [-0.05, 0) is 12.1 Å². The van der Waals surface area contributed by atoms with Crippen molar-refractivity contribution in [3.63, 3.8) is 0 Å². The van der Waals surface area contributed by atoms with E-state index in [-0.39, 0.29) is 5.91 Å². The third kappa shape index (κ3) is 3.85. The standard InChI is InChI=1S/C19H19N3O2S/c1-24-17-10-6-5-9-15(17)22-16(14-7-3-2-4-8-14)13-21-19(22)25-12-11-18(20)23/h2-10,13H,11-12H2,1H3,(H2,20,23). The molecule has 3 rings (SSSR count). The molecule has 1 amide bonds. The maximum atomic E-state index is 11.0. The average Bonchev–Trinajstić information content (AvgIpc) is 3.05. The van der Waals surface area contributed by atoms with E-state index in [2.05, 4.69) is 9.55 Å². The van der Waals surface area contributed by atoms with E-state index in [9.17, 15) is 4.79 Å². The summed E-state index contributed by atoms with van der Waals surface area (Å²) in [4.78, 5) is 15.6. The van der Waals surface area contributed by atoms with Crippen LogP contribution in [0.25, 0.3) is 16.9 Å². The van der Waals surface area contributed by atoms with Crippen molar-refractivity contribution in [3.05, 3.63) is 60.8 Å². The van der Waals surface area contributed by atoms with Gasteiger partial charge in [-0.1, -0.05) is 54.2 Å². The molecule has 3 aromatic rings. The first-order valence-corrected chi connectivity index (χ1v) is 8.87. The molecule has 128 valence electrons. The van der Waals surface area contributed by atoms with Crippen LogP contribution in [0.3, 0.4) is 0 Å². The summed E-state index contributed by atoms with van der Waals surface area (Å²) in [6.07, 6.45) is 2.15. The second kappa shape index (κ2) is 7.90. The Morgan fingerprint density at radius 1 is 1.16 bits per heavy atom. The smallest absolute Gasteiger partial charge is 0.218 e. The Bertz CT molecular complexity index is 862. The molecule has 2 aromatic carbocycles. The van der Waals surface area contributed by atoms with Crippen molar-refractivity contribution in [2.75, 3.05) is 12.9 Å². The summed E-state index contributed by atoms with van der Waals surface area (Å²) < 4.78 is 7.58. The van der Waals surface area contributed by atoms with Crippen LogP contribution in [0.5, 0.6) is 5.75 Å². The fourth-order valence-electron chi connectivity index (χ4n) is 2.54. The highest BCUT2D eigenvalue weighted by molar-refractivity contribution is 7.99. The van der Waals surface area contributed by atoms with Crippen molar-refractivity contribution >= 4 is 17.7 Å². The van der Waals surface area contributed by atoms with Crippen molar-refractivity contribution < 1.29 is 9.53 Å². The molecule has 1 heterocycles. The number of hydrogen-bond acceptors (Lipinski definition) is 4. The lowest BCUT2D eigenvalue weighted by molar-refractivity contribution is -0.117. The summed E-state index contributed by atoms with van der Waals surface area (Å²) in [6.45, 7) is 0. The predicted molar refractivity (Wildman–Crippen MR) is 100 cm³/mol. The highest BCUT2D eigenvalue weighted by Gasteiger charge is 2.17. The molecule has 0 atom stereocenters. The number of methoxy groups -OCH3 is 1. The Labute approximate surface area is 150 Å². The van der Waals surface area contributed by atoms with Crippen LogP contribution in [0.2, 0.25) is 0 Å². The lowest BCUT2D eigenvalue weighted by atomic mass is 10.1. The summed E-state index contributed by atoms with van der Waals surface area (Å²) >= 11 is 1.50. The number of rotatable bonds is 7. The van der Waals surface area contributed by atoms with Gasteiger partial charge in [0.25, 0.3) is 0 Å². The third-order valence-electron chi connectivity index (χ3n) is 3.70. The molecule has 25 heavy (non-hydrogen) atoms. The second-order valence-electron chi connectivity index (χ2n) is 5.36. The molecular weight excluding hydrogens is 334 g/mol. The molecule has 0 saturated carbocycles. The number of primary amides is 1. The number of carbonyl (C=O) groups excluding carboxylic acids is 1. The molecule has 2 N–H and O–H groups in total. The van der Waals surface area contributed by atoms with Gasteiger partial charge < -0.3 is 10.5 Å². The highest BCUT2D eigenvalue weighted by Crippen LogP contribution is 2.33. The predicted octanol–water partition coefficient (Wildman–Crippen LogP) is 3.52. The minimum Gasteiger partial charge on any atom is -0.495 e. The van der Waals surface area contributed by atoms with Gasteiger partial charge in [0.05, 0.1) is 24.7 Å². The number of benzene rings is 2. The van der Waals surface area contributed by atoms with Crippen LogP contribution in [-0.4, -0.2) is 28.3 Å². The van der Waals surface area contributed by atoms with E-state index >= 15 is 0 Å². The van der Waals surface area contributed by atoms with Crippen LogP contribution in [-0.2, 0) is 4.79 Å². The van der Waals surface area contributed by atoms with Gasteiger partial charge in [-0.25, -0.2) is 4.98 Å². The molecule has 5 nitrogen and oxygen atoms in total. The summed E-state index contributed by atoms with van der Waals surface area (Å²) in [5.74, 6) is 1.02. The molecule has 0 radical (unpaired) electrons. The molecule has 0 fully saturated rings. The van der Waals surface area contributed by atoms with Gasteiger partial charge in [-0.2, -0.15) is 0 Å². The largest absolute Gasteiger partial charge is 0.495 e. The van der Waals surface area contributed by atoms with Crippen LogP contribution in [0.1, 0.15) is 6.42 Å². The fourth-order valence-corrected chi connectivity index (χ4v) is 3.48. The van der Waals surface area contributed by atoms with Crippen molar-refractivity contribution in [3.8, 4) is 22.7 Å². The van der Waals surface area contributed by atoms with Crippen molar-refractivity contribution in [2.45, 2.75) is 11.6 Å². The van der Waals surface area contributed by atoms with Crippen LogP contribution >= 0.6 is 11.8 Å². The van der Waals surface area contributed by atoms with Crippen LogP contribution in [0, 0.1) is 0 Å². The summed E-state index contributed by atoms with van der Waals surface area (Å²) in [7, 11) is 1.65. The third-order valence-corrected chi connectivity index (χ3v) is 4.66. The first kappa shape index (κ1) is 17.1. The minimum atomic E-state index is -0.314. The van der Waals surface area contributed by atoms with Gasteiger partial charge in [-0.3, -0.25) is 9.36 Å².